The Hall–Kier alpha value is -2.34. The molecule has 6 nitrogen and oxygen atoms in total. The van der Waals surface area contributed by atoms with Crippen molar-refractivity contribution in [3.63, 3.8) is 0 Å². The summed E-state index contributed by atoms with van der Waals surface area (Å²) in [5, 5.41) is 0. The first-order chi connectivity index (χ1) is 9.69. The lowest BCUT2D eigenvalue weighted by Crippen LogP contribution is -2.18. The zero-order chi connectivity index (χ0) is 14.1. The lowest BCUT2D eigenvalue weighted by Gasteiger charge is -2.10. The Labute approximate surface area is 116 Å². The fraction of sp³-hybridized carbons (Fsp3) is 0.286. The average molecular weight is 271 g/mol. The number of aryl methyl sites for hydroxylation is 1. The predicted octanol–water partition coefficient (Wildman–Crippen LogP) is 1.55. The van der Waals surface area contributed by atoms with Crippen LogP contribution in [0.5, 0.6) is 5.75 Å². The highest BCUT2D eigenvalue weighted by atomic mass is 16.5. The van der Waals surface area contributed by atoms with Gasteiger partial charge in [-0.1, -0.05) is 0 Å². The first kappa shape index (κ1) is 12.7. The molecule has 104 valence electrons. The van der Waals surface area contributed by atoms with Gasteiger partial charge in [-0.15, -0.1) is 0 Å². The highest BCUT2D eigenvalue weighted by Crippen LogP contribution is 2.24. The van der Waals surface area contributed by atoms with E-state index in [4.69, 9.17) is 10.5 Å². The van der Waals surface area contributed by atoms with Crippen molar-refractivity contribution in [2.24, 2.45) is 12.8 Å². The molecular weight excluding hydrogens is 254 g/mol. The van der Waals surface area contributed by atoms with Gasteiger partial charge in [0.05, 0.1) is 30.5 Å². The van der Waals surface area contributed by atoms with E-state index in [9.17, 15) is 0 Å². The Balaban J connectivity index is 1.96. The number of H-pyrrole nitrogens is 1. The Morgan fingerprint density at radius 3 is 3.00 bits per heavy atom. The summed E-state index contributed by atoms with van der Waals surface area (Å²) in [5.41, 5.74) is 9.19. The molecule has 2 aromatic heterocycles. The minimum Gasteiger partial charge on any atom is -0.497 e. The predicted molar refractivity (Wildman–Crippen MR) is 76.5 cm³/mol. The number of methoxy groups -OCH3 is 1. The van der Waals surface area contributed by atoms with Crippen LogP contribution in [0.25, 0.3) is 11.0 Å². The van der Waals surface area contributed by atoms with Gasteiger partial charge < -0.3 is 20.0 Å². The smallest absolute Gasteiger partial charge is 0.127 e. The van der Waals surface area contributed by atoms with Crippen molar-refractivity contribution >= 4 is 11.0 Å². The van der Waals surface area contributed by atoms with E-state index in [1.54, 1.807) is 19.6 Å². The van der Waals surface area contributed by atoms with Crippen LogP contribution in [0.4, 0.5) is 0 Å². The maximum atomic E-state index is 6.26. The van der Waals surface area contributed by atoms with Crippen molar-refractivity contribution in [2.45, 2.75) is 12.5 Å². The molecule has 0 aliphatic carbocycles. The van der Waals surface area contributed by atoms with Gasteiger partial charge in [0.2, 0.25) is 0 Å². The molecule has 0 spiro atoms. The monoisotopic (exact) mass is 271 g/mol. The second-order valence-electron chi connectivity index (χ2n) is 4.77. The van der Waals surface area contributed by atoms with Gasteiger partial charge in [-0.3, -0.25) is 0 Å². The number of ether oxygens (including phenoxy) is 1. The number of benzene rings is 1. The maximum absolute atomic E-state index is 6.26. The van der Waals surface area contributed by atoms with Crippen molar-refractivity contribution in [3.8, 4) is 5.75 Å². The van der Waals surface area contributed by atoms with Crippen LogP contribution in [0, 0.1) is 0 Å². The number of aromatic amines is 1. The first-order valence-corrected chi connectivity index (χ1v) is 6.42. The fourth-order valence-corrected chi connectivity index (χ4v) is 2.38. The lowest BCUT2D eigenvalue weighted by atomic mass is 10.1. The zero-order valence-corrected chi connectivity index (χ0v) is 11.5. The number of nitrogens with one attached hydrogen (secondary N) is 1. The molecule has 0 fully saturated rings. The van der Waals surface area contributed by atoms with Gasteiger partial charge in [0.15, 0.2) is 0 Å². The summed E-state index contributed by atoms with van der Waals surface area (Å²) in [5.74, 6) is 1.65. The van der Waals surface area contributed by atoms with Gasteiger partial charge in [0.25, 0.3) is 0 Å². The maximum Gasteiger partial charge on any atom is 0.127 e. The summed E-state index contributed by atoms with van der Waals surface area (Å²) >= 11 is 0. The second kappa shape index (κ2) is 4.97. The highest BCUT2D eigenvalue weighted by molar-refractivity contribution is 5.77. The van der Waals surface area contributed by atoms with Crippen molar-refractivity contribution in [1.29, 1.82) is 0 Å². The fourth-order valence-electron chi connectivity index (χ4n) is 2.38. The molecule has 2 heterocycles. The third-order valence-electron chi connectivity index (χ3n) is 3.45. The summed E-state index contributed by atoms with van der Waals surface area (Å²) in [6.45, 7) is 0. The number of fused-ring (bicyclic) bond motifs is 1. The molecule has 3 aromatic rings. The number of nitrogens with zero attached hydrogens (tertiary/aromatic N) is 3. The van der Waals surface area contributed by atoms with Gasteiger partial charge in [0.1, 0.15) is 11.6 Å². The van der Waals surface area contributed by atoms with Crippen molar-refractivity contribution < 1.29 is 4.74 Å². The van der Waals surface area contributed by atoms with Gasteiger partial charge >= 0.3 is 0 Å². The molecule has 0 saturated heterocycles. The van der Waals surface area contributed by atoms with Gasteiger partial charge in [-0.05, 0) is 12.1 Å². The largest absolute Gasteiger partial charge is 0.497 e. The molecule has 1 unspecified atom stereocenters. The van der Waals surface area contributed by atoms with Crippen LogP contribution in [-0.4, -0.2) is 26.6 Å². The molecule has 1 atom stereocenters. The SMILES string of the molecule is COc1ccc2c(c1)nc(C(N)Cc1cnc[nH]1)n2C. The van der Waals surface area contributed by atoms with E-state index >= 15 is 0 Å². The summed E-state index contributed by atoms with van der Waals surface area (Å²) in [6.07, 6.45) is 4.11. The topological polar surface area (TPSA) is 81.8 Å². The number of imidazole rings is 2. The summed E-state index contributed by atoms with van der Waals surface area (Å²) < 4.78 is 7.25. The lowest BCUT2D eigenvalue weighted by molar-refractivity contribution is 0.415. The van der Waals surface area contributed by atoms with Gasteiger partial charge in [-0.25, -0.2) is 9.97 Å². The van der Waals surface area contributed by atoms with Gasteiger partial charge in [-0.2, -0.15) is 0 Å². The number of nitrogens with two attached hydrogens (primary N) is 1. The number of aromatic nitrogens is 4. The van der Waals surface area contributed by atoms with Crippen molar-refractivity contribution in [3.05, 3.63) is 42.2 Å². The van der Waals surface area contributed by atoms with Crippen LogP contribution in [0.1, 0.15) is 17.6 Å². The minimum atomic E-state index is -0.182. The second-order valence-corrected chi connectivity index (χ2v) is 4.77. The zero-order valence-electron chi connectivity index (χ0n) is 11.5. The van der Waals surface area contributed by atoms with Crippen LogP contribution in [0.2, 0.25) is 0 Å². The number of rotatable bonds is 4. The van der Waals surface area contributed by atoms with Crippen LogP contribution >= 0.6 is 0 Å². The summed E-state index contributed by atoms with van der Waals surface area (Å²) in [6, 6.07) is 5.66. The van der Waals surface area contributed by atoms with Crippen LogP contribution in [0.3, 0.4) is 0 Å². The molecule has 0 aliphatic heterocycles. The third kappa shape index (κ3) is 2.14. The standard InChI is InChI=1S/C14H17N5O/c1-19-13-4-3-10(20-2)6-12(13)18-14(19)11(15)5-9-7-16-8-17-9/h3-4,6-8,11H,5,15H2,1-2H3,(H,16,17). The molecule has 0 saturated carbocycles. The van der Waals surface area contributed by atoms with Crippen molar-refractivity contribution in [2.75, 3.05) is 7.11 Å². The molecule has 3 rings (SSSR count). The van der Waals surface area contributed by atoms with E-state index in [-0.39, 0.29) is 6.04 Å². The van der Waals surface area contributed by atoms with E-state index in [0.717, 1.165) is 28.3 Å². The molecule has 0 radical (unpaired) electrons. The molecule has 0 aliphatic rings. The van der Waals surface area contributed by atoms with Crippen molar-refractivity contribution in [1.82, 2.24) is 19.5 Å². The van der Waals surface area contributed by atoms with Gasteiger partial charge in [0, 0.05) is 31.4 Å². The third-order valence-corrected chi connectivity index (χ3v) is 3.45. The molecule has 6 heteroatoms. The molecule has 0 amide bonds. The Kier molecular flexibility index (Phi) is 3.15. The summed E-state index contributed by atoms with van der Waals surface area (Å²) in [4.78, 5) is 11.7. The molecule has 20 heavy (non-hydrogen) atoms. The number of hydrogen-bond acceptors (Lipinski definition) is 4. The number of hydrogen-bond donors (Lipinski definition) is 2. The molecular formula is C14H17N5O. The highest BCUT2D eigenvalue weighted by Gasteiger charge is 2.16. The van der Waals surface area contributed by atoms with E-state index in [1.165, 1.54) is 0 Å². The minimum absolute atomic E-state index is 0.182. The average Bonchev–Trinajstić information content (AvgIpc) is 3.06. The van der Waals surface area contributed by atoms with E-state index in [0.29, 0.717) is 6.42 Å². The van der Waals surface area contributed by atoms with E-state index < -0.39 is 0 Å². The molecule has 1 aromatic carbocycles. The van der Waals surface area contributed by atoms with E-state index in [1.807, 2.05) is 29.8 Å². The molecule has 3 N–H and O–H groups in total. The summed E-state index contributed by atoms with van der Waals surface area (Å²) in [7, 11) is 3.62. The van der Waals surface area contributed by atoms with E-state index in [2.05, 4.69) is 15.0 Å². The quantitative estimate of drug-likeness (QED) is 0.754. The van der Waals surface area contributed by atoms with Crippen LogP contribution in [0.15, 0.2) is 30.7 Å². The Bertz CT molecular complexity index is 717. The Morgan fingerprint density at radius 2 is 2.30 bits per heavy atom. The first-order valence-electron chi connectivity index (χ1n) is 6.42. The normalized spacial score (nSPS) is 12.8. The van der Waals surface area contributed by atoms with Crippen LogP contribution < -0.4 is 10.5 Å². The molecule has 0 bridgehead atoms. The Morgan fingerprint density at radius 1 is 1.45 bits per heavy atom. The van der Waals surface area contributed by atoms with Crippen LogP contribution in [-0.2, 0) is 13.5 Å².